The van der Waals surface area contributed by atoms with Crippen molar-refractivity contribution in [2.45, 2.75) is 12.8 Å². The fraction of sp³-hybridized carbons (Fsp3) is 0.167. The Hall–Kier alpha value is -1.53. The summed E-state index contributed by atoms with van der Waals surface area (Å²) in [5.74, 6) is 0. The van der Waals surface area contributed by atoms with E-state index in [9.17, 15) is 13.2 Å². The number of hydrogen-bond donors (Lipinski definition) is 2. The SMILES string of the molecule is OCc1cscc1Nc1cccc(C(F)(F)F)c1. The van der Waals surface area contributed by atoms with Gasteiger partial charge in [-0.25, -0.2) is 0 Å². The predicted molar refractivity (Wildman–Crippen MR) is 65.0 cm³/mol. The molecule has 1 aromatic carbocycles. The van der Waals surface area contributed by atoms with Crippen LogP contribution < -0.4 is 5.32 Å². The molecule has 2 aromatic rings. The molecule has 6 heteroatoms. The Bertz CT molecular complexity index is 536. The Morgan fingerprint density at radius 3 is 2.67 bits per heavy atom. The zero-order valence-corrected chi connectivity index (χ0v) is 9.98. The van der Waals surface area contributed by atoms with Gasteiger partial charge in [-0.2, -0.15) is 13.2 Å². The Kier molecular flexibility index (Phi) is 3.58. The lowest BCUT2D eigenvalue weighted by Crippen LogP contribution is -2.05. The van der Waals surface area contributed by atoms with E-state index in [1.165, 1.54) is 17.4 Å². The van der Waals surface area contributed by atoms with Gasteiger partial charge in [0.05, 0.1) is 17.9 Å². The van der Waals surface area contributed by atoms with E-state index in [2.05, 4.69) is 5.32 Å². The normalized spacial score (nSPS) is 11.6. The van der Waals surface area contributed by atoms with Gasteiger partial charge >= 0.3 is 6.18 Å². The highest BCUT2D eigenvalue weighted by Crippen LogP contribution is 2.32. The summed E-state index contributed by atoms with van der Waals surface area (Å²) < 4.78 is 37.6. The van der Waals surface area contributed by atoms with E-state index in [0.29, 0.717) is 16.9 Å². The van der Waals surface area contributed by atoms with Crippen LogP contribution in [0.3, 0.4) is 0 Å². The number of rotatable bonds is 3. The maximum absolute atomic E-state index is 12.5. The molecule has 0 radical (unpaired) electrons. The van der Waals surface area contributed by atoms with Crippen molar-refractivity contribution in [2.75, 3.05) is 5.32 Å². The van der Waals surface area contributed by atoms with Crippen LogP contribution in [0.5, 0.6) is 0 Å². The van der Waals surface area contributed by atoms with E-state index in [4.69, 9.17) is 5.11 Å². The highest BCUT2D eigenvalue weighted by atomic mass is 32.1. The van der Waals surface area contributed by atoms with Crippen LogP contribution in [0.4, 0.5) is 24.5 Å². The molecule has 0 saturated carbocycles. The van der Waals surface area contributed by atoms with Crippen molar-refractivity contribution in [1.29, 1.82) is 0 Å². The third-order valence-corrected chi connectivity index (χ3v) is 3.17. The number of benzene rings is 1. The smallest absolute Gasteiger partial charge is 0.392 e. The van der Waals surface area contributed by atoms with E-state index in [0.717, 1.165) is 12.1 Å². The van der Waals surface area contributed by atoms with Crippen molar-refractivity contribution in [1.82, 2.24) is 0 Å². The van der Waals surface area contributed by atoms with Crippen LogP contribution in [0.2, 0.25) is 0 Å². The molecule has 0 aliphatic carbocycles. The van der Waals surface area contributed by atoms with Crippen LogP contribution in [0.25, 0.3) is 0 Å². The summed E-state index contributed by atoms with van der Waals surface area (Å²) in [7, 11) is 0. The molecule has 2 nitrogen and oxygen atoms in total. The lowest BCUT2D eigenvalue weighted by molar-refractivity contribution is -0.137. The molecule has 0 spiro atoms. The van der Waals surface area contributed by atoms with E-state index >= 15 is 0 Å². The number of aliphatic hydroxyl groups is 1. The van der Waals surface area contributed by atoms with Gasteiger partial charge in [0.1, 0.15) is 0 Å². The second kappa shape index (κ2) is 4.99. The molecule has 0 fully saturated rings. The molecule has 0 amide bonds. The Morgan fingerprint density at radius 2 is 2.00 bits per heavy atom. The second-order valence-electron chi connectivity index (χ2n) is 3.67. The van der Waals surface area contributed by atoms with Gasteiger partial charge in [0.2, 0.25) is 0 Å². The lowest BCUT2D eigenvalue weighted by atomic mass is 10.2. The first kappa shape index (κ1) is 12.9. The maximum atomic E-state index is 12.5. The Morgan fingerprint density at radius 1 is 1.22 bits per heavy atom. The molecule has 1 aromatic heterocycles. The van der Waals surface area contributed by atoms with Gasteiger partial charge < -0.3 is 10.4 Å². The summed E-state index contributed by atoms with van der Waals surface area (Å²) in [5, 5.41) is 15.4. The van der Waals surface area contributed by atoms with Gasteiger partial charge in [0.25, 0.3) is 0 Å². The van der Waals surface area contributed by atoms with Gasteiger partial charge in [-0.15, -0.1) is 11.3 Å². The summed E-state index contributed by atoms with van der Waals surface area (Å²) >= 11 is 1.38. The number of thiophene rings is 1. The first-order valence-corrected chi connectivity index (χ1v) is 6.05. The minimum absolute atomic E-state index is 0.148. The fourth-order valence-electron chi connectivity index (χ4n) is 1.48. The fourth-order valence-corrected chi connectivity index (χ4v) is 2.26. The number of halogens is 3. The van der Waals surface area contributed by atoms with Crippen LogP contribution in [0, 0.1) is 0 Å². The van der Waals surface area contributed by atoms with E-state index in [1.807, 2.05) is 0 Å². The molecule has 0 aliphatic heterocycles. The zero-order valence-electron chi connectivity index (χ0n) is 9.16. The number of nitrogens with one attached hydrogen (secondary N) is 1. The third kappa shape index (κ3) is 2.83. The topological polar surface area (TPSA) is 32.3 Å². The Labute approximate surface area is 106 Å². The highest BCUT2D eigenvalue weighted by Gasteiger charge is 2.30. The highest BCUT2D eigenvalue weighted by molar-refractivity contribution is 7.08. The van der Waals surface area contributed by atoms with Gasteiger partial charge in [-0.05, 0) is 23.6 Å². The van der Waals surface area contributed by atoms with Gasteiger partial charge in [-0.1, -0.05) is 6.07 Å². The van der Waals surface area contributed by atoms with Crippen molar-refractivity contribution in [2.24, 2.45) is 0 Å². The van der Waals surface area contributed by atoms with Crippen molar-refractivity contribution < 1.29 is 18.3 Å². The summed E-state index contributed by atoms with van der Waals surface area (Å²) in [6, 6.07) is 4.95. The first-order valence-electron chi connectivity index (χ1n) is 5.11. The molecular weight excluding hydrogens is 263 g/mol. The molecule has 0 aliphatic rings. The zero-order chi connectivity index (χ0) is 13.2. The average molecular weight is 273 g/mol. The third-order valence-electron chi connectivity index (χ3n) is 2.38. The monoisotopic (exact) mass is 273 g/mol. The molecule has 0 atom stereocenters. The molecule has 0 saturated heterocycles. The van der Waals surface area contributed by atoms with Gasteiger partial charge in [-0.3, -0.25) is 0 Å². The first-order chi connectivity index (χ1) is 8.50. The molecule has 0 unspecified atom stereocenters. The molecule has 1 heterocycles. The van der Waals surface area contributed by atoms with Crippen LogP contribution in [-0.2, 0) is 12.8 Å². The van der Waals surface area contributed by atoms with Gasteiger partial charge in [0, 0.05) is 16.6 Å². The molecule has 18 heavy (non-hydrogen) atoms. The quantitative estimate of drug-likeness (QED) is 0.885. The molecule has 0 bridgehead atoms. The van der Waals surface area contributed by atoms with Crippen molar-refractivity contribution in [3.63, 3.8) is 0 Å². The van der Waals surface area contributed by atoms with Crippen molar-refractivity contribution >= 4 is 22.7 Å². The van der Waals surface area contributed by atoms with Crippen LogP contribution in [-0.4, -0.2) is 5.11 Å². The number of alkyl halides is 3. The van der Waals surface area contributed by atoms with Gasteiger partial charge in [0.15, 0.2) is 0 Å². The average Bonchev–Trinajstić information content (AvgIpc) is 2.75. The summed E-state index contributed by atoms with van der Waals surface area (Å²) in [6.45, 7) is -0.148. The summed E-state index contributed by atoms with van der Waals surface area (Å²) in [4.78, 5) is 0. The molecular formula is C12H10F3NOS. The maximum Gasteiger partial charge on any atom is 0.416 e. The van der Waals surface area contributed by atoms with Crippen molar-refractivity contribution in [3.8, 4) is 0 Å². The van der Waals surface area contributed by atoms with E-state index in [1.54, 1.807) is 16.8 Å². The van der Waals surface area contributed by atoms with E-state index < -0.39 is 11.7 Å². The molecule has 2 N–H and O–H groups in total. The van der Waals surface area contributed by atoms with Crippen LogP contribution in [0.15, 0.2) is 35.0 Å². The summed E-state index contributed by atoms with van der Waals surface area (Å²) in [5.41, 5.74) is 0.936. The number of anilines is 2. The van der Waals surface area contributed by atoms with Crippen LogP contribution in [0.1, 0.15) is 11.1 Å². The second-order valence-corrected chi connectivity index (χ2v) is 4.42. The van der Waals surface area contributed by atoms with Crippen molar-refractivity contribution in [3.05, 3.63) is 46.2 Å². The number of aliphatic hydroxyl groups excluding tert-OH is 1. The largest absolute Gasteiger partial charge is 0.416 e. The summed E-state index contributed by atoms with van der Waals surface area (Å²) in [6.07, 6.45) is -4.36. The standard InChI is InChI=1S/C12H10F3NOS/c13-12(14,15)9-2-1-3-10(4-9)16-11-7-18-6-8(11)5-17/h1-4,6-7,16-17H,5H2. The minimum Gasteiger partial charge on any atom is -0.392 e. The molecule has 2 rings (SSSR count). The Balaban J connectivity index is 2.25. The minimum atomic E-state index is -4.36. The lowest BCUT2D eigenvalue weighted by Gasteiger charge is -2.10. The molecule has 96 valence electrons. The predicted octanol–water partition coefficient (Wildman–Crippen LogP) is 4.00. The van der Waals surface area contributed by atoms with E-state index in [-0.39, 0.29) is 6.61 Å². The number of hydrogen-bond acceptors (Lipinski definition) is 3. The van der Waals surface area contributed by atoms with Crippen LogP contribution >= 0.6 is 11.3 Å².